The molecule has 2 heterocycles. The molecular formula is C25H19N5O3. The number of benzene rings is 3. The minimum Gasteiger partial charge on any atom is -0.494 e. The van der Waals surface area contributed by atoms with E-state index in [2.05, 4.69) is 9.97 Å². The summed E-state index contributed by atoms with van der Waals surface area (Å²) in [5.74, 6) is -0.0976. The summed E-state index contributed by atoms with van der Waals surface area (Å²) in [6.07, 6.45) is 3.54. The highest BCUT2D eigenvalue weighted by atomic mass is 16.6. The zero-order valence-electron chi connectivity index (χ0n) is 17.6. The fourth-order valence-electron chi connectivity index (χ4n) is 3.85. The molecule has 8 heteroatoms. The number of aromatic nitrogens is 3. The molecule has 0 atom stereocenters. The van der Waals surface area contributed by atoms with Gasteiger partial charge in [-0.15, -0.1) is 0 Å². The maximum Gasteiger partial charge on any atom is 0.270 e. The van der Waals surface area contributed by atoms with Gasteiger partial charge < -0.3 is 14.7 Å². The minimum absolute atomic E-state index is 0.0595. The molecule has 0 amide bonds. The summed E-state index contributed by atoms with van der Waals surface area (Å²) in [6.45, 7) is 0. The number of non-ortho nitro benzene ring substituents is 1. The third-order valence-electron chi connectivity index (χ3n) is 5.48. The Bertz CT molecular complexity index is 1500. The predicted octanol–water partition coefficient (Wildman–Crippen LogP) is 5.35. The Balaban J connectivity index is 1.68. The summed E-state index contributed by atoms with van der Waals surface area (Å²) in [7, 11) is 1.93. The number of aromatic hydroxyl groups is 1. The van der Waals surface area contributed by atoms with Gasteiger partial charge in [-0.3, -0.25) is 10.1 Å². The van der Waals surface area contributed by atoms with Crippen LogP contribution in [0.1, 0.15) is 11.1 Å². The predicted molar refractivity (Wildman–Crippen MR) is 127 cm³/mol. The Labute approximate surface area is 188 Å². The lowest BCUT2D eigenvalue weighted by Crippen LogP contribution is -2.03. The number of aliphatic imine (C=N–C) groups is 1. The van der Waals surface area contributed by atoms with E-state index in [0.29, 0.717) is 27.9 Å². The number of nitro groups is 1. The molecule has 0 saturated heterocycles. The second-order valence-electron chi connectivity index (χ2n) is 7.60. The van der Waals surface area contributed by atoms with Crippen molar-refractivity contribution in [1.82, 2.24) is 14.5 Å². The van der Waals surface area contributed by atoms with Gasteiger partial charge >= 0.3 is 0 Å². The van der Waals surface area contributed by atoms with E-state index in [0.717, 1.165) is 16.8 Å². The van der Waals surface area contributed by atoms with Gasteiger partial charge in [0.05, 0.1) is 40.1 Å². The number of fused-ring (bicyclic) bond motifs is 1. The van der Waals surface area contributed by atoms with E-state index in [1.807, 2.05) is 66.2 Å². The van der Waals surface area contributed by atoms with E-state index >= 15 is 0 Å². The number of aryl methyl sites for hydroxylation is 1. The van der Waals surface area contributed by atoms with Gasteiger partial charge in [-0.05, 0) is 23.8 Å². The standard InChI is InChI=1S/C25H19N5O3/c1-29-15-26-14-22(29)16-7-9-18(10-8-16)27-24(17-5-3-2-4-6-17)23-20-13-19(30(32)33)11-12-21(20)28-25(23)31/h2-15,28,31H,1H3. The van der Waals surface area contributed by atoms with Crippen LogP contribution in [0.25, 0.3) is 22.2 Å². The lowest BCUT2D eigenvalue weighted by molar-refractivity contribution is -0.384. The number of imidazole rings is 1. The molecule has 162 valence electrons. The Kier molecular flexibility index (Phi) is 4.95. The second kappa shape index (κ2) is 8.08. The van der Waals surface area contributed by atoms with Crippen molar-refractivity contribution >= 4 is 28.0 Å². The fourth-order valence-corrected chi connectivity index (χ4v) is 3.85. The fraction of sp³-hybridized carbons (Fsp3) is 0.0400. The Morgan fingerprint density at radius 3 is 2.52 bits per heavy atom. The molecule has 0 spiro atoms. The number of nitrogens with zero attached hydrogens (tertiary/aromatic N) is 4. The second-order valence-corrected chi connectivity index (χ2v) is 7.60. The zero-order valence-corrected chi connectivity index (χ0v) is 17.6. The van der Waals surface area contributed by atoms with Crippen molar-refractivity contribution in [3.8, 4) is 17.1 Å². The quantitative estimate of drug-likeness (QED) is 0.219. The van der Waals surface area contributed by atoms with Crippen LogP contribution >= 0.6 is 0 Å². The van der Waals surface area contributed by atoms with E-state index in [4.69, 9.17) is 4.99 Å². The lowest BCUT2D eigenvalue weighted by Gasteiger charge is -2.08. The number of nitrogens with one attached hydrogen (secondary N) is 1. The summed E-state index contributed by atoms with van der Waals surface area (Å²) >= 11 is 0. The minimum atomic E-state index is -0.455. The van der Waals surface area contributed by atoms with Gasteiger partial charge in [0.2, 0.25) is 0 Å². The molecule has 8 nitrogen and oxygen atoms in total. The topological polar surface area (TPSA) is 109 Å². The number of H-pyrrole nitrogens is 1. The van der Waals surface area contributed by atoms with Crippen molar-refractivity contribution in [2.75, 3.05) is 0 Å². The van der Waals surface area contributed by atoms with Gasteiger partial charge in [0, 0.05) is 35.6 Å². The van der Waals surface area contributed by atoms with Crippen LogP contribution in [0, 0.1) is 10.1 Å². The first-order chi connectivity index (χ1) is 16.0. The van der Waals surface area contributed by atoms with Crippen LogP contribution in [0.15, 0.2) is 90.3 Å². The lowest BCUT2D eigenvalue weighted by atomic mass is 10.0. The van der Waals surface area contributed by atoms with E-state index < -0.39 is 4.92 Å². The van der Waals surface area contributed by atoms with Gasteiger partial charge in [-0.1, -0.05) is 42.5 Å². The van der Waals surface area contributed by atoms with E-state index in [-0.39, 0.29) is 11.6 Å². The maximum atomic E-state index is 11.3. The molecule has 0 fully saturated rings. The molecule has 3 aromatic carbocycles. The molecule has 5 aromatic rings. The summed E-state index contributed by atoms with van der Waals surface area (Å²) in [6, 6.07) is 21.6. The molecule has 0 aliphatic rings. The highest BCUT2D eigenvalue weighted by Gasteiger charge is 2.20. The smallest absolute Gasteiger partial charge is 0.270 e. The number of hydrogen-bond donors (Lipinski definition) is 2. The van der Waals surface area contributed by atoms with Gasteiger partial charge in [-0.2, -0.15) is 0 Å². The number of hydrogen-bond acceptors (Lipinski definition) is 5. The van der Waals surface area contributed by atoms with Crippen LogP contribution < -0.4 is 0 Å². The largest absolute Gasteiger partial charge is 0.494 e. The molecule has 0 unspecified atom stereocenters. The first-order valence-electron chi connectivity index (χ1n) is 10.2. The molecule has 0 radical (unpaired) electrons. The Morgan fingerprint density at radius 1 is 1.09 bits per heavy atom. The molecule has 33 heavy (non-hydrogen) atoms. The van der Waals surface area contributed by atoms with Crippen molar-refractivity contribution in [2.45, 2.75) is 0 Å². The highest BCUT2D eigenvalue weighted by Crippen LogP contribution is 2.34. The highest BCUT2D eigenvalue weighted by molar-refractivity contribution is 6.22. The Morgan fingerprint density at radius 2 is 1.85 bits per heavy atom. The van der Waals surface area contributed by atoms with Crippen LogP contribution in [-0.4, -0.2) is 30.3 Å². The van der Waals surface area contributed by atoms with Crippen molar-refractivity contribution in [3.63, 3.8) is 0 Å². The molecule has 2 aromatic heterocycles. The van der Waals surface area contributed by atoms with E-state index in [9.17, 15) is 15.2 Å². The summed E-state index contributed by atoms with van der Waals surface area (Å²) in [5.41, 5.74) is 4.88. The van der Waals surface area contributed by atoms with Crippen molar-refractivity contribution in [2.24, 2.45) is 12.0 Å². The molecule has 0 aliphatic heterocycles. The van der Waals surface area contributed by atoms with Gasteiger partial charge in [0.15, 0.2) is 5.88 Å². The van der Waals surface area contributed by atoms with Crippen LogP contribution in [0.3, 0.4) is 0 Å². The zero-order chi connectivity index (χ0) is 22.9. The molecule has 5 rings (SSSR count). The summed E-state index contributed by atoms with van der Waals surface area (Å²) in [5, 5.41) is 22.6. The van der Waals surface area contributed by atoms with Gasteiger partial charge in [0.25, 0.3) is 5.69 Å². The first-order valence-corrected chi connectivity index (χ1v) is 10.2. The van der Waals surface area contributed by atoms with Crippen LogP contribution in [0.4, 0.5) is 11.4 Å². The van der Waals surface area contributed by atoms with Crippen LogP contribution in [0.5, 0.6) is 5.88 Å². The maximum absolute atomic E-state index is 11.3. The van der Waals surface area contributed by atoms with Crippen molar-refractivity contribution in [3.05, 3.63) is 107 Å². The number of rotatable bonds is 5. The monoisotopic (exact) mass is 437 g/mol. The van der Waals surface area contributed by atoms with Crippen LogP contribution in [-0.2, 0) is 7.05 Å². The number of aromatic amines is 1. The van der Waals surface area contributed by atoms with Crippen molar-refractivity contribution in [1.29, 1.82) is 0 Å². The van der Waals surface area contributed by atoms with E-state index in [1.54, 1.807) is 18.6 Å². The van der Waals surface area contributed by atoms with E-state index in [1.165, 1.54) is 12.1 Å². The summed E-state index contributed by atoms with van der Waals surface area (Å²) in [4.78, 5) is 22.8. The SMILES string of the molecule is Cn1cncc1-c1ccc(N=C(c2ccccc2)c2c(O)[nH]c3ccc([N+](=O)[O-])cc23)cc1. The molecule has 0 bridgehead atoms. The first kappa shape index (κ1) is 20.2. The van der Waals surface area contributed by atoms with Crippen molar-refractivity contribution < 1.29 is 10.0 Å². The third-order valence-corrected chi connectivity index (χ3v) is 5.48. The van der Waals surface area contributed by atoms with Gasteiger partial charge in [0.1, 0.15) is 0 Å². The van der Waals surface area contributed by atoms with Gasteiger partial charge in [-0.25, -0.2) is 9.98 Å². The molecule has 0 aliphatic carbocycles. The average Bonchev–Trinajstić information content (AvgIpc) is 3.40. The third kappa shape index (κ3) is 3.74. The number of nitro benzene ring substituents is 1. The summed E-state index contributed by atoms with van der Waals surface area (Å²) < 4.78 is 1.94. The molecular weight excluding hydrogens is 418 g/mol. The Hall–Kier alpha value is -4.72. The molecule has 2 N–H and O–H groups in total. The normalized spacial score (nSPS) is 11.7. The average molecular weight is 437 g/mol. The molecule has 0 saturated carbocycles. The van der Waals surface area contributed by atoms with Crippen LogP contribution in [0.2, 0.25) is 0 Å².